The Kier molecular flexibility index (Phi) is 8.83. The molecule has 0 saturated carbocycles. The summed E-state index contributed by atoms with van der Waals surface area (Å²) in [6.45, 7) is 6.92. The maximum atomic E-state index is 12.6. The van der Waals surface area contributed by atoms with Gasteiger partial charge in [0.25, 0.3) is 5.56 Å². The molecule has 2 aromatic rings. The number of H-pyrrole nitrogens is 1. The van der Waals surface area contributed by atoms with Crippen molar-refractivity contribution in [3.8, 4) is 0 Å². The number of benzene rings is 1. The molecule has 1 heterocycles. The van der Waals surface area contributed by atoms with Gasteiger partial charge in [-0.3, -0.25) is 19.1 Å². The van der Waals surface area contributed by atoms with Gasteiger partial charge < -0.3 is 16.0 Å². The van der Waals surface area contributed by atoms with Crippen LogP contribution < -0.4 is 32.3 Å². The third kappa shape index (κ3) is 7.19. The highest BCUT2D eigenvalue weighted by Gasteiger charge is 2.20. The molecular weight excluding hydrogens is 448 g/mol. The summed E-state index contributed by atoms with van der Waals surface area (Å²) in [5.74, 6) is -0.114. The van der Waals surface area contributed by atoms with Crippen LogP contribution in [-0.2, 0) is 21.4 Å². The molecule has 182 valence electrons. The van der Waals surface area contributed by atoms with E-state index in [1.165, 1.54) is 28.8 Å². The van der Waals surface area contributed by atoms with Gasteiger partial charge in [-0.15, -0.1) is 0 Å². The molecule has 0 atom stereocenters. The number of nitrogens with zero attached hydrogens (tertiary/aromatic N) is 2. The maximum Gasteiger partial charge on any atom is 0.330 e. The number of nitrogens with one attached hydrogen (secondary N) is 2. The van der Waals surface area contributed by atoms with E-state index < -0.39 is 21.3 Å². The SMILES string of the molecule is CCCCN(CCC(=O)Nc1ccc(S(N)(=O)=O)cc1)c1c(N)n(CC(C)C)c(=O)[nH]c1=O. The second-order valence-corrected chi connectivity index (χ2v) is 9.77. The molecule has 1 aromatic carbocycles. The first-order valence-corrected chi connectivity index (χ1v) is 12.3. The molecule has 33 heavy (non-hydrogen) atoms. The molecule has 6 N–H and O–H groups in total. The normalized spacial score (nSPS) is 11.5. The lowest BCUT2D eigenvalue weighted by atomic mass is 10.2. The van der Waals surface area contributed by atoms with Crippen LogP contribution in [0.1, 0.15) is 40.0 Å². The third-order valence-corrected chi connectivity index (χ3v) is 5.86. The lowest BCUT2D eigenvalue weighted by Gasteiger charge is -2.26. The second-order valence-electron chi connectivity index (χ2n) is 8.21. The highest BCUT2D eigenvalue weighted by atomic mass is 32.2. The molecule has 0 aliphatic rings. The van der Waals surface area contributed by atoms with Crippen LogP contribution >= 0.6 is 0 Å². The van der Waals surface area contributed by atoms with E-state index in [2.05, 4.69) is 10.3 Å². The van der Waals surface area contributed by atoms with Gasteiger partial charge in [-0.25, -0.2) is 18.4 Å². The smallest absolute Gasteiger partial charge is 0.330 e. The molecule has 0 bridgehead atoms. The lowest BCUT2D eigenvalue weighted by molar-refractivity contribution is -0.116. The van der Waals surface area contributed by atoms with E-state index in [4.69, 9.17) is 10.9 Å². The summed E-state index contributed by atoms with van der Waals surface area (Å²) in [5, 5.41) is 7.76. The van der Waals surface area contributed by atoms with E-state index >= 15 is 0 Å². The van der Waals surface area contributed by atoms with Crippen molar-refractivity contribution in [2.75, 3.05) is 29.0 Å². The number of rotatable bonds is 11. The molecule has 11 nitrogen and oxygen atoms in total. The number of aromatic nitrogens is 2. The Bertz CT molecular complexity index is 1190. The standard InChI is InChI=1S/C21H32N6O5S/c1-4-5-11-26(18-19(22)27(13-14(2)3)21(30)25-20(18)29)12-10-17(28)24-15-6-8-16(9-7-15)33(23,31)32/h6-9,14H,4-5,10-13,22H2,1-3H3,(H,24,28)(H2,23,31,32)(H,25,29,30). The Labute approximate surface area is 192 Å². The Morgan fingerprint density at radius 1 is 1.18 bits per heavy atom. The van der Waals surface area contributed by atoms with Crippen molar-refractivity contribution >= 4 is 33.1 Å². The molecule has 1 amide bonds. The highest BCUT2D eigenvalue weighted by molar-refractivity contribution is 7.89. The molecule has 0 unspecified atom stereocenters. The van der Waals surface area contributed by atoms with Crippen LogP contribution in [0.15, 0.2) is 38.8 Å². The topological polar surface area (TPSA) is 173 Å². The summed E-state index contributed by atoms with van der Waals surface area (Å²) >= 11 is 0. The number of carbonyl (C=O) groups is 1. The number of hydrogen-bond acceptors (Lipinski definition) is 7. The first-order chi connectivity index (χ1) is 15.4. The van der Waals surface area contributed by atoms with Gasteiger partial charge in [0.05, 0.1) is 4.90 Å². The molecular formula is C21H32N6O5S. The van der Waals surface area contributed by atoms with Crippen LogP contribution in [0.2, 0.25) is 0 Å². The van der Waals surface area contributed by atoms with Crippen LogP contribution in [-0.4, -0.2) is 37.0 Å². The van der Waals surface area contributed by atoms with Crippen molar-refractivity contribution in [2.45, 2.75) is 51.5 Å². The fourth-order valence-electron chi connectivity index (χ4n) is 3.30. The van der Waals surface area contributed by atoms with Gasteiger partial charge in [0.1, 0.15) is 11.5 Å². The number of primary sulfonamides is 1. The Morgan fingerprint density at radius 3 is 2.36 bits per heavy atom. The first-order valence-electron chi connectivity index (χ1n) is 10.7. The van der Waals surface area contributed by atoms with E-state index in [9.17, 15) is 22.8 Å². The number of nitrogens with two attached hydrogens (primary N) is 2. The fraction of sp³-hybridized carbons (Fsp3) is 0.476. The first kappa shape index (κ1) is 26.1. The number of aromatic amines is 1. The maximum absolute atomic E-state index is 12.6. The van der Waals surface area contributed by atoms with Gasteiger partial charge in [-0.05, 0) is 36.6 Å². The molecule has 12 heteroatoms. The fourth-order valence-corrected chi connectivity index (χ4v) is 3.82. The number of carbonyl (C=O) groups excluding carboxylic acids is 1. The van der Waals surface area contributed by atoms with E-state index in [1.54, 1.807) is 4.90 Å². The molecule has 0 saturated heterocycles. The zero-order valence-corrected chi connectivity index (χ0v) is 19.9. The van der Waals surface area contributed by atoms with Crippen LogP contribution in [0, 0.1) is 5.92 Å². The monoisotopic (exact) mass is 480 g/mol. The average Bonchev–Trinajstić information content (AvgIpc) is 2.72. The molecule has 1 aromatic heterocycles. The molecule has 2 rings (SSSR count). The number of unbranched alkanes of at least 4 members (excludes halogenated alkanes) is 1. The zero-order valence-electron chi connectivity index (χ0n) is 19.1. The summed E-state index contributed by atoms with van der Waals surface area (Å²) in [4.78, 5) is 41.3. The van der Waals surface area contributed by atoms with Crippen LogP contribution in [0.3, 0.4) is 0 Å². The summed E-state index contributed by atoms with van der Waals surface area (Å²) in [6.07, 6.45) is 1.67. The summed E-state index contributed by atoms with van der Waals surface area (Å²) in [7, 11) is -3.82. The van der Waals surface area contributed by atoms with Gasteiger partial charge in [-0.2, -0.15) is 0 Å². The van der Waals surface area contributed by atoms with Gasteiger partial charge in [0.2, 0.25) is 15.9 Å². The quantitative estimate of drug-likeness (QED) is 0.372. The minimum atomic E-state index is -3.82. The van der Waals surface area contributed by atoms with Crippen molar-refractivity contribution in [1.29, 1.82) is 0 Å². The predicted molar refractivity (Wildman–Crippen MR) is 129 cm³/mol. The van der Waals surface area contributed by atoms with Gasteiger partial charge in [-0.1, -0.05) is 27.2 Å². The molecule has 0 spiro atoms. The van der Waals surface area contributed by atoms with Gasteiger partial charge >= 0.3 is 5.69 Å². The van der Waals surface area contributed by atoms with Crippen molar-refractivity contribution in [1.82, 2.24) is 9.55 Å². The van der Waals surface area contributed by atoms with E-state index in [0.717, 1.165) is 12.8 Å². The van der Waals surface area contributed by atoms with E-state index in [1.807, 2.05) is 20.8 Å². The van der Waals surface area contributed by atoms with Crippen molar-refractivity contribution < 1.29 is 13.2 Å². The summed E-state index contributed by atoms with van der Waals surface area (Å²) in [6, 6.07) is 5.49. The predicted octanol–water partition coefficient (Wildman–Crippen LogP) is 1.06. The van der Waals surface area contributed by atoms with Gasteiger partial charge in [0, 0.05) is 31.7 Å². The molecule has 0 radical (unpaired) electrons. The lowest BCUT2D eigenvalue weighted by Crippen LogP contribution is -2.40. The van der Waals surface area contributed by atoms with E-state index in [-0.39, 0.29) is 41.2 Å². The number of amides is 1. The molecule has 0 fully saturated rings. The number of hydrogen-bond donors (Lipinski definition) is 4. The highest BCUT2D eigenvalue weighted by Crippen LogP contribution is 2.19. The van der Waals surface area contributed by atoms with Crippen LogP contribution in [0.5, 0.6) is 0 Å². The summed E-state index contributed by atoms with van der Waals surface area (Å²) < 4.78 is 24.0. The van der Waals surface area contributed by atoms with Crippen molar-refractivity contribution in [3.05, 3.63) is 45.1 Å². The Morgan fingerprint density at radius 2 is 1.82 bits per heavy atom. The second kappa shape index (κ2) is 11.1. The molecule has 0 aliphatic heterocycles. The van der Waals surface area contributed by atoms with Crippen molar-refractivity contribution in [2.24, 2.45) is 11.1 Å². The third-order valence-electron chi connectivity index (χ3n) is 4.94. The minimum Gasteiger partial charge on any atom is -0.383 e. The number of sulfonamides is 1. The van der Waals surface area contributed by atoms with Gasteiger partial charge in [0.15, 0.2) is 0 Å². The Balaban J connectivity index is 2.20. The Hall–Kier alpha value is -3.12. The van der Waals surface area contributed by atoms with Crippen LogP contribution in [0.25, 0.3) is 0 Å². The number of nitrogen functional groups attached to an aromatic ring is 1. The summed E-state index contributed by atoms with van der Waals surface area (Å²) in [5.41, 5.74) is 5.66. The minimum absolute atomic E-state index is 0.0445. The average molecular weight is 481 g/mol. The largest absolute Gasteiger partial charge is 0.383 e. The zero-order chi connectivity index (χ0) is 24.8. The van der Waals surface area contributed by atoms with Crippen LogP contribution in [0.4, 0.5) is 17.2 Å². The van der Waals surface area contributed by atoms with E-state index in [0.29, 0.717) is 18.8 Å². The van der Waals surface area contributed by atoms with Crippen molar-refractivity contribution in [3.63, 3.8) is 0 Å². The number of anilines is 3. The molecule has 0 aliphatic carbocycles.